The van der Waals surface area contributed by atoms with Gasteiger partial charge in [-0.3, -0.25) is 4.79 Å². The van der Waals surface area contributed by atoms with Crippen LogP contribution in [0.5, 0.6) is 11.5 Å². The molecule has 4 nitrogen and oxygen atoms in total. The van der Waals surface area contributed by atoms with Gasteiger partial charge in [0.05, 0.1) is 0 Å². The highest BCUT2D eigenvalue weighted by molar-refractivity contribution is 5.94. The molecule has 2 heterocycles. The van der Waals surface area contributed by atoms with Crippen molar-refractivity contribution in [3.8, 4) is 11.5 Å². The first-order valence-corrected chi connectivity index (χ1v) is 8.24. The van der Waals surface area contributed by atoms with Crippen molar-refractivity contribution in [3.63, 3.8) is 0 Å². The normalized spacial score (nSPS) is 24.8. The minimum Gasteiger partial charge on any atom is -0.457 e. The summed E-state index contributed by atoms with van der Waals surface area (Å²) in [7, 11) is 0. The number of amides is 1. The number of nitrogens with zero attached hydrogens (tertiary/aromatic N) is 1. The van der Waals surface area contributed by atoms with Crippen LogP contribution in [0.4, 0.5) is 4.39 Å². The summed E-state index contributed by atoms with van der Waals surface area (Å²) < 4.78 is 18.8. The van der Waals surface area contributed by atoms with E-state index in [1.807, 2.05) is 0 Å². The molecule has 0 saturated carbocycles. The van der Waals surface area contributed by atoms with Crippen molar-refractivity contribution in [1.82, 2.24) is 10.2 Å². The fourth-order valence-corrected chi connectivity index (χ4v) is 3.54. The Hall–Kier alpha value is -2.40. The predicted molar refractivity (Wildman–Crippen MR) is 88.7 cm³/mol. The third kappa shape index (κ3) is 3.12. The zero-order valence-electron chi connectivity index (χ0n) is 13.2. The summed E-state index contributed by atoms with van der Waals surface area (Å²) >= 11 is 0. The van der Waals surface area contributed by atoms with Crippen LogP contribution in [0.25, 0.3) is 0 Å². The molecule has 2 bridgehead atoms. The molecule has 1 amide bonds. The van der Waals surface area contributed by atoms with Gasteiger partial charge in [0.2, 0.25) is 0 Å². The number of carbonyl (C=O) groups excluding carboxylic acids is 1. The van der Waals surface area contributed by atoms with Gasteiger partial charge in [0, 0.05) is 30.8 Å². The van der Waals surface area contributed by atoms with Gasteiger partial charge in [-0.1, -0.05) is 6.07 Å². The minimum atomic E-state index is -0.343. The number of hydrogen-bond acceptors (Lipinski definition) is 3. The molecule has 2 aliphatic heterocycles. The van der Waals surface area contributed by atoms with Crippen LogP contribution in [0, 0.1) is 11.7 Å². The molecule has 3 unspecified atom stereocenters. The monoisotopic (exact) mass is 326 g/mol. The number of hydrogen-bond donors (Lipinski definition) is 1. The number of rotatable bonds is 4. The van der Waals surface area contributed by atoms with Gasteiger partial charge in [-0.15, -0.1) is 0 Å². The molecule has 2 fully saturated rings. The van der Waals surface area contributed by atoms with Crippen LogP contribution in [0.2, 0.25) is 0 Å². The number of ether oxygens (including phenoxy) is 1. The van der Waals surface area contributed by atoms with E-state index >= 15 is 0 Å². The quantitative estimate of drug-likeness (QED) is 0.939. The van der Waals surface area contributed by atoms with E-state index in [1.54, 1.807) is 36.4 Å². The highest BCUT2D eigenvalue weighted by Gasteiger charge is 2.38. The van der Waals surface area contributed by atoms with E-state index in [4.69, 9.17) is 4.74 Å². The predicted octanol–water partition coefficient (Wildman–Crippen LogP) is 3.05. The number of piperidine rings is 1. The average molecular weight is 326 g/mol. The Morgan fingerprint density at radius 3 is 2.62 bits per heavy atom. The molecule has 0 aliphatic carbocycles. The molecule has 0 aromatic heterocycles. The number of fused-ring (bicyclic) bond motifs is 2. The highest BCUT2D eigenvalue weighted by atomic mass is 19.1. The number of carbonyl (C=O) groups is 1. The largest absolute Gasteiger partial charge is 0.457 e. The Morgan fingerprint density at radius 2 is 1.96 bits per heavy atom. The van der Waals surface area contributed by atoms with Crippen molar-refractivity contribution in [2.24, 2.45) is 5.92 Å². The van der Waals surface area contributed by atoms with Crippen molar-refractivity contribution in [2.75, 3.05) is 19.6 Å². The van der Waals surface area contributed by atoms with Gasteiger partial charge in [0.15, 0.2) is 0 Å². The lowest BCUT2D eigenvalue weighted by atomic mass is 9.99. The van der Waals surface area contributed by atoms with Crippen molar-refractivity contribution >= 4 is 5.91 Å². The smallest absolute Gasteiger partial charge is 0.251 e. The fourth-order valence-electron chi connectivity index (χ4n) is 3.54. The van der Waals surface area contributed by atoms with Gasteiger partial charge in [0.25, 0.3) is 5.91 Å². The van der Waals surface area contributed by atoms with Gasteiger partial charge in [-0.25, -0.2) is 4.39 Å². The average Bonchev–Trinajstić information content (AvgIpc) is 3.18. The number of nitrogens with one attached hydrogen (secondary N) is 1. The lowest BCUT2D eigenvalue weighted by Crippen LogP contribution is -2.43. The van der Waals surface area contributed by atoms with E-state index in [-0.39, 0.29) is 17.8 Å². The fraction of sp³-hybridized carbons (Fsp3) is 0.316. The second kappa shape index (κ2) is 6.24. The second-order valence-electron chi connectivity index (χ2n) is 6.47. The van der Waals surface area contributed by atoms with Crippen LogP contribution >= 0.6 is 0 Å². The highest BCUT2D eigenvalue weighted by Crippen LogP contribution is 2.28. The van der Waals surface area contributed by atoms with Gasteiger partial charge < -0.3 is 15.0 Å². The van der Waals surface area contributed by atoms with Crippen molar-refractivity contribution in [1.29, 1.82) is 0 Å². The third-order valence-electron chi connectivity index (χ3n) is 4.80. The van der Waals surface area contributed by atoms with E-state index < -0.39 is 0 Å². The zero-order valence-corrected chi connectivity index (χ0v) is 13.2. The molecule has 5 heteroatoms. The van der Waals surface area contributed by atoms with E-state index in [0.29, 0.717) is 23.0 Å². The zero-order chi connectivity index (χ0) is 16.5. The summed E-state index contributed by atoms with van der Waals surface area (Å²) in [5.74, 6) is 1.20. The molecule has 124 valence electrons. The van der Waals surface area contributed by atoms with Crippen LogP contribution in [0.1, 0.15) is 16.8 Å². The molecular weight excluding hydrogens is 307 g/mol. The molecule has 3 atom stereocenters. The molecule has 0 spiro atoms. The Bertz CT molecular complexity index is 747. The molecule has 2 aromatic rings. The molecule has 2 aliphatic rings. The van der Waals surface area contributed by atoms with Crippen LogP contribution in [-0.2, 0) is 0 Å². The van der Waals surface area contributed by atoms with Gasteiger partial charge in [0.1, 0.15) is 17.3 Å². The topological polar surface area (TPSA) is 41.6 Å². The van der Waals surface area contributed by atoms with Crippen molar-refractivity contribution in [2.45, 2.75) is 12.5 Å². The van der Waals surface area contributed by atoms with Gasteiger partial charge in [-0.2, -0.15) is 0 Å². The Labute approximate surface area is 140 Å². The number of halogens is 1. The second-order valence-corrected chi connectivity index (χ2v) is 6.47. The summed E-state index contributed by atoms with van der Waals surface area (Å²) in [6, 6.07) is 13.2. The van der Waals surface area contributed by atoms with Gasteiger partial charge in [-0.05, 0) is 55.3 Å². The maximum Gasteiger partial charge on any atom is 0.251 e. The van der Waals surface area contributed by atoms with Crippen LogP contribution in [0.15, 0.2) is 48.5 Å². The van der Waals surface area contributed by atoms with E-state index in [2.05, 4.69) is 10.2 Å². The molecular formula is C19H19FN2O2. The maximum absolute atomic E-state index is 13.2. The van der Waals surface area contributed by atoms with Gasteiger partial charge >= 0.3 is 0 Å². The van der Waals surface area contributed by atoms with Crippen LogP contribution in [0.3, 0.4) is 0 Å². The number of benzene rings is 2. The summed E-state index contributed by atoms with van der Waals surface area (Å²) in [5.41, 5.74) is 0.611. The van der Waals surface area contributed by atoms with E-state index in [1.165, 1.54) is 18.6 Å². The lowest BCUT2D eigenvalue weighted by Gasteiger charge is -2.23. The summed E-state index contributed by atoms with van der Waals surface area (Å²) in [5, 5.41) is 3.13. The van der Waals surface area contributed by atoms with Crippen LogP contribution < -0.4 is 10.1 Å². The van der Waals surface area contributed by atoms with E-state index in [9.17, 15) is 9.18 Å². The minimum absolute atomic E-state index is 0.0499. The Kier molecular flexibility index (Phi) is 3.94. The van der Waals surface area contributed by atoms with Crippen molar-refractivity contribution < 1.29 is 13.9 Å². The molecule has 1 N–H and O–H groups in total. The Balaban J connectivity index is 1.39. The van der Waals surface area contributed by atoms with Crippen LogP contribution in [-0.4, -0.2) is 36.5 Å². The van der Waals surface area contributed by atoms with Crippen molar-refractivity contribution in [3.05, 3.63) is 59.9 Å². The first-order valence-electron chi connectivity index (χ1n) is 8.24. The molecule has 0 radical (unpaired) electrons. The maximum atomic E-state index is 13.2. The summed E-state index contributed by atoms with van der Waals surface area (Å²) in [6.45, 7) is 3.21. The first kappa shape index (κ1) is 15.1. The molecule has 24 heavy (non-hydrogen) atoms. The lowest BCUT2D eigenvalue weighted by molar-refractivity contribution is 0.0924. The molecule has 2 aromatic carbocycles. The summed E-state index contributed by atoms with van der Waals surface area (Å²) in [6.07, 6.45) is 1.17. The molecule has 4 rings (SSSR count). The Morgan fingerprint density at radius 1 is 1.12 bits per heavy atom. The standard InChI is InChI=1S/C19H19FN2O2/c20-15-2-1-3-17(10-15)24-16-6-4-13(5-7-16)19(23)21-18-12-22-9-8-14(18)11-22/h1-7,10,14,18H,8-9,11-12H2,(H,21,23). The first-order chi connectivity index (χ1) is 11.7. The summed E-state index contributed by atoms with van der Waals surface area (Å²) in [4.78, 5) is 14.8. The SMILES string of the molecule is O=C(NC1CN2CCC1C2)c1ccc(Oc2cccc(F)c2)cc1. The molecule has 2 saturated heterocycles. The third-order valence-corrected chi connectivity index (χ3v) is 4.80. The van der Waals surface area contributed by atoms with E-state index in [0.717, 1.165) is 19.6 Å².